The first-order valence-electron chi connectivity index (χ1n) is 5.05. The molecular formula is C6F11O6S3-. The molecule has 1 fully saturated rings. The quantitative estimate of drug-likeness (QED) is 0.457. The van der Waals surface area contributed by atoms with Gasteiger partial charge in [-0.2, -0.15) is 48.3 Å². The van der Waals surface area contributed by atoms with Crippen molar-refractivity contribution in [1.82, 2.24) is 0 Å². The van der Waals surface area contributed by atoms with Crippen molar-refractivity contribution in [3.8, 4) is 0 Å². The highest BCUT2D eigenvalue weighted by atomic mass is 32.3. The predicted octanol–water partition coefficient (Wildman–Crippen LogP) is 1.67. The lowest BCUT2D eigenvalue weighted by Crippen LogP contribution is -2.58. The molecule has 0 bridgehead atoms. The van der Waals surface area contributed by atoms with E-state index in [0.29, 0.717) is 0 Å². The van der Waals surface area contributed by atoms with Crippen LogP contribution < -0.4 is 0 Å². The first-order chi connectivity index (χ1) is 10.9. The Hall–Kier alpha value is -0.920. The third kappa shape index (κ3) is 2.23. The van der Waals surface area contributed by atoms with Gasteiger partial charge in [0.25, 0.3) is 0 Å². The molecule has 1 heterocycles. The van der Waals surface area contributed by atoms with Gasteiger partial charge in [0.15, 0.2) is 0 Å². The Morgan fingerprint density at radius 3 is 1.19 bits per heavy atom. The SMILES string of the molecule is O=S(=O)([C-]1S(=O)(=O)C(F)(F)C(F)(F)S1(=O)=O)C(F)(F)C(F)(F)C(F)(F)F. The summed E-state index contributed by atoms with van der Waals surface area (Å²) in [5.41, 5.74) is 0. The van der Waals surface area contributed by atoms with Crippen molar-refractivity contribution in [2.24, 2.45) is 0 Å². The van der Waals surface area contributed by atoms with Crippen LogP contribution in [0, 0.1) is 3.91 Å². The minimum absolute atomic E-state index is 4.55. The number of hydrogen-bond acceptors (Lipinski definition) is 6. The van der Waals surface area contributed by atoms with Gasteiger partial charge in [-0.1, -0.05) is 0 Å². The molecule has 0 aliphatic carbocycles. The molecule has 0 aromatic rings. The molecule has 0 aromatic carbocycles. The van der Waals surface area contributed by atoms with E-state index in [1.54, 1.807) is 0 Å². The zero-order valence-corrected chi connectivity index (χ0v) is 13.3. The minimum Gasteiger partial charge on any atom is -0.254 e. The Kier molecular flexibility index (Phi) is 4.55. The average Bonchev–Trinajstić information content (AvgIpc) is 2.41. The number of rotatable bonds is 3. The molecule has 1 aliphatic heterocycles. The van der Waals surface area contributed by atoms with Gasteiger partial charge in [-0.25, -0.2) is 0 Å². The average molecular weight is 473 g/mol. The van der Waals surface area contributed by atoms with Crippen molar-refractivity contribution in [1.29, 1.82) is 0 Å². The summed E-state index contributed by atoms with van der Waals surface area (Å²) in [5, 5.41) is -21.7. The van der Waals surface area contributed by atoms with E-state index in [0.717, 1.165) is 0 Å². The highest BCUT2D eigenvalue weighted by molar-refractivity contribution is 8.31. The second-order valence-electron chi connectivity index (χ2n) is 4.38. The maximum atomic E-state index is 13.2. The van der Waals surface area contributed by atoms with Gasteiger partial charge < -0.3 is 0 Å². The minimum atomic E-state index is -8.46. The molecule has 0 amide bonds. The van der Waals surface area contributed by atoms with E-state index >= 15 is 0 Å². The Bertz CT molecular complexity index is 881. The van der Waals surface area contributed by atoms with Crippen LogP contribution in [0.3, 0.4) is 0 Å². The maximum absolute atomic E-state index is 13.2. The van der Waals surface area contributed by atoms with Crippen LogP contribution in [-0.4, -0.2) is 53.1 Å². The fourth-order valence-corrected chi connectivity index (χ4v) is 9.11. The summed E-state index contributed by atoms with van der Waals surface area (Å²) >= 11 is 0. The van der Waals surface area contributed by atoms with Crippen molar-refractivity contribution < 1.29 is 73.5 Å². The van der Waals surface area contributed by atoms with E-state index in [1.165, 1.54) is 0 Å². The number of alkyl halides is 11. The molecule has 20 heteroatoms. The molecule has 0 unspecified atom stereocenters. The molecule has 6 nitrogen and oxygen atoms in total. The van der Waals surface area contributed by atoms with Gasteiger partial charge in [0, 0.05) is 0 Å². The van der Waals surface area contributed by atoms with Gasteiger partial charge in [-0.05, 0) is 0 Å². The Labute approximate surface area is 135 Å². The molecule has 0 atom stereocenters. The van der Waals surface area contributed by atoms with E-state index in [2.05, 4.69) is 0 Å². The molecule has 156 valence electrons. The van der Waals surface area contributed by atoms with Crippen molar-refractivity contribution >= 4 is 29.5 Å². The molecular weight excluding hydrogens is 473 g/mol. The molecule has 1 aliphatic rings. The van der Waals surface area contributed by atoms with E-state index in [4.69, 9.17) is 0 Å². The van der Waals surface area contributed by atoms with Crippen molar-refractivity contribution in [3.05, 3.63) is 3.91 Å². The molecule has 0 saturated carbocycles. The molecule has 0 N–H and O–H groups in total. The Morgan fingerprint density at radius 2 is 0.962 bits per heavy atom. The zero-order chi connectivity index (χ0) is 21.6. The zero-order valence-electron chi connectivity index (χ0n) is 10.8. The van der Waals surface area contributed by atoms with Crippen LogP contribution in [0.5, 0.6) is 0 Å². The van der Waals surface area contributed by atoms with Crippen molar-refractivity contribution in [2.75, 3.05) is 0 Å². The lowest BCUT2D eigenvalue weighted by molar-refractivity contribution is -0.331. The topological polar surface area (TPSA) is 102 Å². The van der Waals surface area contributed by atoms with Crippen LogP contribution in [0.2, 0.25) is 0 Å². The normalized spacial score (nSPS) is 26.0. The summed E-state index contributed by atoms with van der Waals surface area (Å²) in [6.45, 7) is 0. The summed E-state index contributed by atoms with van der Waals surface area (Å²) in [6.07, 6.45) is -7.48. The van der Waals surface area contributed by atoms with Gasteiger partial charge in [-0.3, -0.25) is 25.3 Å². The van der Waals surface area contributed by atoms with E-state index in [-0.39, 0.29) is 0 Å². The largest absolute Gasteiger partial charge is 0.461 e. The highest BCUT2D eigenvalue weighted by Crippen LogP contribution is 2.62. The molecule has 0 spiro atoms. The van der Waals surface area contributed by atoms with Gasteiger partial charge in [0.2, 0.25) is 0 Å². The number of sulfone groups is 3. The molecule has 26 heavy (non-hydrogen) atoms. The predicted molar refractivity (Wildman–Crippen MR) is 55.8 cm³/mol. The third-order valence-corrected chi connectivity index (χ3v) is 10.9. The van der Waals surface area contributed by atoms with Gasteiger partial charge in [0.05, 0.1) is 3.91 Å². The fraction of sp³-hybridized carbons (Fsp3) is 0.833. The third-order valence-electron chi connectivity index (χ3n) is 2.73. The van der Waals surface area contributed by atoms with Crippen LogP contribution in [-0.2, 0) is 29.5 Å². The second kappa shape index (κ2) is 5.11. The first-order valence-corrected chi connectivity index (χ1v) is 9.50. The van der Waals surface area contributed by atoms with Crippen LogP contribution in [0.4, 0.5) is 48.3 Å². The monoisotopic (exact) mass is 473 g/mol. The van der Waals surface area contributed by atoms with Gasteiger partial charge in [0.1, 0.15) is 29.5 Å². The van der Waals surface area contributed by atoms with E-state index in [1.807, 2.05) is 0 Å². The molecule has 1 saturated heterocycles. The molecule has 0 aromatic heterocycles. The lowest BCUT2D eigenvalue weighted by Gasteiger charge is -2.33. The van der Waals surface area contributed by atoms with Crippen LogP contribution >= 0.6 is 0 Å². The highest BCUT2D eigenvalue weighted by Gasteiger charge is 2.84. The number of hydrogen-bond donors (Lipinski definition) is 0. The van der Waals surface area contributed by atoms with Crippen LogP contribution in [0.15, 0.2) is 0 Å². The van der Waals surface area contributed by atoms with Gasteiger partial charge >= 0.3 is 27.9 Å². The van der Waals surface area contributed by atoms with Crippen LogP contribution in [0.25, 0.3) is 0 Å². The van der Waals surface area contributed by atoms with Crippen molar-refractivity contribution in [3.63, 3.8) is 0 Å². The standard InChI is InChI=1S/C6F11O6S3/c7-2(8,3(9,10)11)4(12,13)24(18,19)1-25(20,21)5(14,15)6(16,17)26(1,22)23/q-1. The Morgan fingerprint density at radius 1 is 0.692 bits per heavy atom. The van der Waals surface area contributed by atoms with Crippen molar-refractivity contribution in [2.45, 2.75) is 27.9 Å². The summed E-state index contributed by atoms with van der Waals surface area (Å²) in [4.78, 5) is 0. The van der Waals surface area contributed by atoms with Gasteiger partial charge in [-0.15, -0.1) is 0 Å². The number of halogens is 11. The molecule has 0 radical (unpaired) electrons. The Balaban J connectivity index is 3.97. The lowest BCUT2D eigenvalue weighted by atomic mass is 10.3. The first kappa shape index (κ1) is 23.1. The summed E-state index contributed by atoms with van der Waals surface area (Å²) in [5.74, 6) is -7.75. The van der Waals surface area contributed by atoms with E-state index < -0.39 is 61.3 Å². The van der Waals surface area contributed by atoms with Crippen LogP contribution in [0.1, 0.15) is 0 Å². The van der Waals surface area contributed by atoms with E-state index in [9.17, 15) is 73.5 Å². The summed E-state index contributed by atoms with van der Waals surface area (Å²) < 4.78 is 202. The smallest absolute Gasteiger partial charge is 0.254 e. The molecule has 1 rings (SSSR count). The maximum Gasteiger partial charge on any atom is 0.461 e. The second-order valence-corrected chi connectivity index (χ2v) is 10.9. The summed E-state index contributed by atoms with van der Waals surface area (Å²) in [6, 6.07) is 0. The summed E-state index contributed by atoms with van der Waals surface area (Å²) in [7, 11) is -24.2. The fourth-order valence-electron chi connectivity index (χ4n) is 1.39.